The summed E-state index contributed by atoms with van der Waals surface area (Å²) in [7, 11) is 0. The van der Waals surface area contributed by atoms with Crippen molar-refractivity contribution >= 4 is 5.97 Å². The van der Waals surface area contributed by atoms with E-state index < -0.39 is 5.97 Å². The van der Waals surface area contributed by atoms with Gasteiger partial charge >= 0.3 is 5.97 Å². The molecule has 0 aromatic rings. The molecule has 0 aliphatic rings. The third-order valence-electron chi connectivity index (χ3n) is 2.11. The van der Waals surface area contributed by atoms with Gasteiger partial charge in [0.2, 0.25) is 0 Å². The van der Waals surface area contributed by atoms with Gasteiger partial charge in [0.15, 0.2) is 0 Å². The van der Waals surface area contributed by atoms with E-state index >= 15 is 0 Å². The second kappa shape index (κ2) is 7.84. The topological polar surface area (TPSA) is 37.3 Å². The number of carbonyl (C=O) groups is 1. The van der Waals surface area contributed by atoms with Gasteiger partial charge in [-0.3, -0.25) is 0 Å². The molecular weight excluding hydrogens is 164 g/mol. The summed E-state index contributed by atoms with van der Waals surface area (Å²) in [6, 6.07) is 0. The van der Waals surface area contributed by atoms with Crippen molar-refractivity contribution < 1.29 is 9.90 Å². The first-order valence-corrected chi connectivity index (χ1v) is 5.06. The summed E-state index contributed by atoms with van der Waals surface area (Å²) in [6.45, 7) is 4.45. The first-order chi connectivity index (χ1) is 6.16. The summed E-state index contributed by atoms with van der Waals surface area (Å²) in [5, 5.41) is 8.32. The van der Waals surface area contributed by atoms with Crippen LogP contribution in [0.5, 0.6) is 0 Å². The van der Waals surface area contributed by atoms with E-state index in [9.17, 15) is 4.79 Å². The predicted molar refractivity (Wildman–Crippen MR) is 54.7 cm³/mol. The van der Waals surface area contributed by atoms with Crippen LogP contribution in [0, 0.1) is 5.92 Å². The Labute approximate surface area is 80.7 Å². The van der Waals surface area contributed by atoms with Gasteiger partial charge in [0.25, 0.3) is 0 Å². The molecule has 0 rings (SSSR count). The van der Waals surface area contributed by atoms with Crippen molar-refractivity contribution in [3.05, 3.63) is 12.2 Å². The van der Waals surface area contributed by atoms with Crippen LogP contribution in [0.1, 0.15) is 46.0 Å². The Balaban J connectivity index is 3.29. The highest BCUT2D eigenvalue weighted by molar-refractivity contribution is 5.79. The first kappa shape index (κ1) is 12.2. The zero-order valence-corrected chi connectivity index (χ0v) is 8.62. The Morgan fingerprint density at radius 3 is 2.69 bits per heavy atom. The minimum atomic E-state index is -0.846. The number of rotatable bonds is 7. The Kier molecular flexibility index (Phi) is 7.36. The highest BCUT2D eigenvalue weighted by Gasteiger charge is 1.98. The van der Waals surface area contributed by atoms with Gasteiger partial charge in [-0.05, 0) is 18.8 Å². The molecule has 0 spiro atoms. The normalized spacial score (nSPS) is 13.4. The molecule has 1 unspecified atom stereocenters. The van der Waals surface area contributed by atoms with E-state index in [1.165, 1.54) is 25.3 Å². The third kappa shape index (κ3) is 9.12. The molecule has 0 amide bonds. The lowest BCUT2D eigenvalue weighted by atomic mass is 9.99. The van der Waals surface area contributed by atoms with Crippen LogP contribution in [-0.4, -0.2) is 11.1 Å². The maximum absolute atomic E-state index is 10.1. The van der Waals surface area contributed by atoms with Gasteiger partial charge in [-0.2, -0.15) is 0 Å². The van der Waals surface area contributed by atoms with Gasteiger partial charge in [-0.15, -0.1) is 0 Å². The lowest BCUT2D eigenvalue weighted by Crippen LogP contribution is -1.93. The first-order valence-electron chi connectivity index (χ1n) is 5.06. The van der Waals surface area contributed by atoms with Crippen molar-refractivity contribution in [1.82, 2.24) is 0 Å². The molecule has 0 saturated carbocycles. The van der Waals surface area contributed by atoms with Crippen LogP contribution < -0.4 is 0 Å². The number of carboxylic acids is 1. The zero-order chi connectivity index (χ0) is 10.1. The molecule has 0 bridgehead atoms. The summed E-state index contributed by atoms with van der Waals surface area (Å²) in [4.78, 5) is 10.1. The molecule has 0 saturated heterocycles. The van der Waals surface area contributed by atoms with Crippen LogP contribution in [-0.2, 0) is 4.79 Å². The molecule has 0 aromatic heterocycles. The van der Waals surface area contributed by atoms with Crippen LogP contribution in [0.2, 0.25) is 0 Å². The highest BCUT2D eigenvalue weighted by Crippen LogP contribution is 2.13. The Morgan fingerprint density at radius 2 is 2.15 bits per heavy atom. The number of allylic oxidation sites excluding steroid dienone is 1. The quantitative estimate of drug-likeness (QED) is 0.487. The van der Waals surface area contributed by atoms with E-state index in [0.717, 1.165) is 18.8 Å². The van der Waals surface area contributed by atoms with Crippen molar-refractivity contribution in [2.45, 2.75) is 46.0 Å². The molecule has 0 aliphatic heterocycles. The molecule has 2 heteroatoms. The zero-order valence-electron chi connectivity index (χ0n) is 8.62. The van der Waals surface area contributed by atoms with E-state index in [2.05, 4.69) is 13.8 Å². The van der Waals surface area contributed by atoms with Gasteiger partial charge < -0.3 is 5.11 Å². The smallest absolute Gasteiger partial charge is 0.327 e. The summed E-state index contributed by atoms with van der Waals surface area (Å²) in [6.07, 6.45) is 8.68. The van der Waals surface area contributed by atoms with Crippen molar-refractivity contribution in [2.75, 3.05) is 0 Å². The van der Waals surface area contributed by atoms with Crippen molar-refractivity contribution in [2.24, 2.45) is 5.92 Å². The van der Waals surface area contributed by atoms with E-state index in [-0.39, 0.29) is 0 Å². The number of aliphatic carboxylic acids is 1. The third-order valence-corrected chi connectivity index (χ3v) is 2.11. The molecule has 1 N–H and O–H groups in total. The van der Waals surface area contributed by atoms with Gasteiger partial charge in [-0.25, -0.2) is 4.79 Å². The maximum Gasteiger partial charge on any atom is 0.327 e. The monoisotopic (exact) mass is 184 g/mol. The molecule has 1 atom stereocenters. The second-order valence-electron chi connectivity index (χ2n) is 3.57. The molecule has 0 aromatic carbocycles. The fraction of sp³-hybridized carbons (Fsp3) is 0.727. The van der Waals surface area contributed by atoms with Crippen LogP contribution in [0.15, 0.2) is 12.2 Å². The van der Waals surface area contributed by atoms with Crippen LogP contribution in [0.25, 0.3) is 0 Å². The Hall–Kier alpha value is -0.790. The Morgan fingerprint density at radius 1 is 1.46 bits per heavy atom. The summed E-state index contributed by atoms with van der Waals surface area (Å²) < 4.78 is 0. The van der Waals surface area contributed by atoms with Crippen molar-refractivity contribution in [3.63, 3.8) is 0 Å². The van der Waals surface area contributed by atoms with Gasteiger partial charge in [-0.1, -0.05) is 39.2 Å². The highest BCUT2D eigenvalue weighted by atomic mass is 16.4. The lowest BCUT2D eigenvalue weighted by molar-refractivity contribution is -0.131. The van der Waals surface area contributed by atoms with E-state index in [0.29, 0.717) is 0 Å². The van der Waals surface area contributed by atoms with Crippen molar-refractivity contribution in [3.8, 4) is 0 Å². The maximum atomic E-state index is 10.1. The standard InChI is InChI=1S/C11H20O2/c1-3-7-10(2)8-5-4-6-9-11(12)13/h6,9-10H,3-5,7-8H2,1-2H3,(H,12,13). The molecule has 0 radical (unpaired) electrons. The van der Waals surface area contributed by atoms with Gasteiger partial charge in [0.1, 0.15) is 0 Å². The average Bonchev–Trinajstić information content (AvgIpc) is 2.03. The molecule has 76 valence electrons. The molecule has 13 heavy (non-hydrogen) atoms. The average molecular weight is 184 g/mol. The molecular formula is C11H20O2. The van der Waals surface area contributed by atoms with Crippen LogP contribution in [0.3, 0.4) is 0 Å². The number of unbranched alkanes of at least 4 members (excludes halogenated alkanes) is 1. The fourth-order valence-electron chi connectivity index (χ4n) is 1.41. The second-order valence-corrected chi connectivity index (χ2v) is 3.57. The largest absolute Gasteiger partial charge is 0.478 e. The number of carboxylic acid groups (broad SMARTS) is 1. The molecule has 0 heterocycles. The van der Waals surface area contributed by atoms with E-state index in [1.807, 2.05) is 0 Å². The number of hydrogen-bond donors (Lipinski definition) is 1. The van der Waals surface area contributed by atoms with Crippen LogP contribution in [0.4, 0.5) is 0 Å². The summed E-state index contributed by atoms with van der Waals surface area (Å²) in [5.41, 5.74) is 0. The van der Waals surface area contributed by atoms with E-state index in [4.69, 9.17) is 5.11 Å². The lowest BCUT2D eigenvalue weighted by Gasteiger charge is -2.07. The van der Waals surface area contributed by atoms with E-state index in [1.54, 1.807) is 6.08 Å². The minimum absolute atomic E-state index is 0.781. The molecule has 2 nitrogen and oxygen atoms in total. The fourth-order valence-corrected chi connectivity index (χ4v) is 1.41. The minimum Gasteiger partial charge on any atom is -0.478 e. The van der Waals surface area contributed by atoms with Crippen molar-refractivity contribution in [1.29, 1.82) is 0 Å². The SMILES string of the molecule is CCCC(C)CCCC=CC(=O)O. The predicted octanol–water partition coefficient (Wildman–Crippen LogP) is 3.23. The number of hydrogen-bond acceptors (Lipinski definition) is 1. The van der Waals surface area contributed by atoms with Crippen LogP contribution >= 0.6 is 0 Å². The van der Waals surface area contributed by atoms with Gasteiger partial charge in [0, 0.05) is 6.08 Å². The molecule has 0 aliphatic carbocycles. The Bertz CT molecular complexity index is 161. The summed E-state index contributed by atoms with van der Waals surface area (Å²) >= 11 is 0. The molecule has 0 fully saturated rings. The van der Waals surface area contributed by atoms with Gasteiger partial charge in [0.05, 0.1) is 0 Å². The summed E-state index contributed by atoms with van der Waals surface area (Å²) in [5.74, 6) is -0.0650.